The Balaban J connectivity index is 3.79. The van der Waals surface area contributed by atoms with Gasteiger partial charge < -0.3 is 0 Å². The van der Waals surface area contributed by atoms with Crippen LogP contribution in [0.3, 0.4) is 0 Å². The summed E-state index contributed by atoms with van der Waals surface area (Å²) in [6, 6.07) is 0. The van der Waals surface area contributed by atoms with E-state index in [9.17, 15) is 14.4 Å². The van der Waals surface area contributed by atoms with Crippen LogP contribution in [-0.2, 0) is 14.4 Å². The summed E-state index contributed by atoms with van der Waals surface area (Å²) in [6.45, 7) is 1.18. The summed E-state index contributed by atoms with van der Waals surface area (Å²) in [7, 11) is 0. The van der Waals surface area contributed by atoms with Gasteiger partial charge in [-0.25, -0.2) is 0 Å². The van der Waals surface area contributed by atoms with E-state index in [4.69, 9.17) is 0 Å². The standard InChI is InChI=1S/C5H5O3.Ra.H/c1-4(7)5(8)2-3-6;;/h2H2,1H3;;. The summed E-state index contributed by atoms with van der Waals surface area (Å²) < 4.78 is -0.0387. The van der Waals surface area contributed by atoms with Crippen molar-refractivity contribution in [3.05, 3.63) is 0 Å². The molecule has 46 valence electrons. The summed E-state index contributed by atoms with van der Waals surface area (Å²) in [4.78, 5) is 30.9. The van der Waals surface area contributed by atoms with Crippen LogP contribution in [0.4, 0.5) is 0 Å². The molecule has 4 heteroatoms. The molecule has 0 saturated heterocycles. The fourth-order valence-electron chi connectivity index (χ4n) is 0.351. The van der Waals surface area contributed by atoms with Crippen LogP contribution < -0.4 is 0 Å². The summed E-state index contributed by atoms with van der Waals surface area (Å²) in [5.41, 5.74) is 0. The zero-order valence-corrected chi connectivity index (χ0v) is 13.7. The van der Waals surface area contributed by atoms with E-state index in [2.05, 4.69) is 0 Å². The SMILES string of the molecule is CC(=O)C(=O)C[C](=O)[RaH]. The molecule has 0 N–H and O–H groups in total. The monoisotopic (exact) mass is 340 g/mol. The van der Waals surface area contributed by atoms with Gasteiger partial charge in [0.15, 0.2) is 0 Å². The second-order valence-corrected chi connectivity index (χ2v) is 6.44. The topological polar surface area (TPSA) is 51.2 Å². The summed E-state index contributed by atoms with van der Waals surface area (Å²) >= 11 is -0.255. The van der Waals surface area contributed by atoms with Crippen molar-refractivity contribution in [2.24, 2.45) is 0 Å². The van der Waals surface area contributed by atoms with Crippen molar-refractivity contribution >= 4 is 12.4 Å². The molecule has 0 aliphatic carbocycles. The molecular formula is C5H6O3Ra. The Bertz CT molecular complexity index is 162. The van der Waals surface area contributed by atoms with Crippen molar-refractivity contribution in [2.75, 3.05) is 0 Å². The number of carbonyl (C=O) groups is 3. The quantitative estimate of drug-likeness (QED) is 0.507. The van der Waals surface area contributed by atoms with Crippen LogP contribution in [0.25, 0.3) is 0 Å². The first-order chi connectivity index (χ1) is 4.04. The molecule has 0 atom stereocenters. The van der Waals surface area contributed by atoms with E-state index in [1.54, 1.807) is 0 Å². The summed E-state index contributed by atoms with van der Waals surface area (Å²) in [5.74, 6) is -1.07. The van der Waals surface area contributed by atoms with Gasteiger partial charge in [-0.05, 0) is 0 Å². The van der Waals surface area contributed by atoms with Crippen LogP contribution in [0.15, 0.2) is 0 Å². The third kappa shape index (κ3) is 4.95. The van der Waals surface area contributed by atoms with Crippen LogP contribution in [0, 0.1) is 42.8 Å². The molecule has 9 heavy (non-hydrogen) atoms. The van der Waals surface area contributed by atoms with Crippen molar-refractivity contribution in [1.82, 2.24) is 0 Å². The number of Topliss-reactive ketones (excluding diaryl/α,β-unsaturated/α-hetero) is 2. The Labute approximate surface area is 81.9 Å². The molecule has 0 saturated carbocycles. The van der Waals surface area contributed by atoms with Gasteiger partial charge in [0.25, 0.3) is 0 Å². The first-order valence-corrected chi connectivity index (χ1v) is 6.68. The number of hydrogen-bond acceptors (Lipinski definition) is 3. The van der Waals surface area contributed by atoms with Crippen LogP contribution in [0.2, 0.25) is 0 Å². The van der Waals surface area contributed by atoms with E-state index in [0.29, 0.717) is 0 Å². The van der Waals surface area contributed by atoms with E-state index >= 15 is 0 Å². The van der Waals surface area contributed by atoms with Crippen molar-refractivity contribution < 1.29 is 57.2 Å². The van der Waals surface area contributed by atoms with Gasteiger partial charge in [0.2, 0.25) is 0 Å². The van der Waals surface area contributed by atoms with E-state index < -0.39 is 11.6 Å². The van der Waals surface area contributed by atoms with Gasteiger partial charge in [0.1, 0.15) is 0 Å². The molecular weight excluding hydrogens is 334 g/mol. The molecule has 0 aromatic rings. The van der Waals surface area contributed by atoms with E-state index in [1.807, 2.05) is 0 Å². The van der Waals surface area contributed by atoms with Gasteiger partial charge in [0, 0.05) is 0 Å². The Kier molecular flexibility index (Phi) is 4.55. The van der Waals surface area contributed by atoms with Crippen molar-refractivity contribution in [1.29, 1.82) is 0 Å². The predicted octanol–water partition coefficient (Wildman–Crippen LogP) is -0.657. The van der Waals surface area contributed by atoms with Gasteiger partial charge in [-0.1, -0.05) is 0 Å². The Morgan fingerprint density at radius 1 is 1.33 bits per heavy atom. The molecule has 0 radical (unpaired) electrons. The minimum atomic E-state index is -0.551. The molecule has 0 heterocycles. The number of hydrogen-bond donors (Lipinski definition) is 0. The molecule has 0 aromatic carbocycles. The van der Waals surface area contributed by atoms with Crippen molar-refractivity contribution in [3.8, 4) is 0 Å². The average molecular weight is 340 g/mol. The molecule has 0 fully saturated rings. The molecule has 0 aliphatic rings. The zero-order chi connectivity index (χ0) is 7.44. The molecule has 0 aliphatic heterocycles. The van der Waals surface area contributed by atoms with Crippen LogP contribution >= 0.6 is 0 Å². The molecule has 0 amide bonds. The second kappa shape index (κ2) is 4.32. The third-order valence-electron chi connectivity index (χ3n) is 0.802. The van der Waals surface area contributed by atoms with E-state index in [1.165, 1.54) is 6.92 Å². The third-order valence-corrected chi connectivity index (χ3v) is 2.26. The average Bonchev–Trinajstić information content (AvgIpc) is 1.63. The predicted molar refractivity (Wildman–Crippen MR) is 26.7 cm³/mol. The molecule has 3 nitrogen and oxygen atoms in total. The molecule has 0 unspecified atom stereocenters. The minimum absolute atomic E-state index is 0.0387. The molecule has 0 rings (SSSR count). The summed E-state index contributed by atoms with van der Waals surface area (Å²) in [5, 5.41) is 0. The number of rotatable bonds is 3. The van der Waals surface area contributed by atoms with Gasteiger partial charge in [0.05, 0.1) is 0 Å². The molecule has 0 spiro atoms. The second-order valence-electron chi connectivity index (χ2n) is 1.86. The maximum atomic E-state index is 10.4. The van der Waals surface area contributed by atoms with Crippen LogP contribution in [0.5, 0.6) is 0 Å². The Morgan fingerprint density at radius 3 is 1.89 bits per heavy atom. The fourth-order valence-corrected chi connectivity index (χ4v) is 1.67. The molecule has 0 bridgehead atoms. The Hall–Kier alpha value is 0.478. The molecule has 0 aromatic heterocycles. The van der Waals surface area contributed by atoms with Crippen LogP contribution in [-0.4, -0.2) is 12.4 Å². The Morgan fingerprint density at radius 2 is 1.78 bits per heavy atom. The zero-order valence-electron chi connectivity index (χ0n) is 5.43. The maximum absolute atomic E-state index is 10.4. The first-order valence-electron chi connectivity index (χ1n) is 2.57. The van der Waals surface area contributed by atoms with Gasteiger partial charge in [-0.15, -0.1) is 0 Å². The number of carbonyl (C=O) groups excluding carboxylic acids is 3. The van der Waals surface area contributed by atoms with E-state index in [0.717, 1.165) is 0 Å². The van der Waals surface area contributed by atoms with E-state index in [-0.39, 0.29) is 50.0 Å². The van der Waals surface area contributed by atoms with Crippen molar-refractivity contribution in [2.45, 2.75) is 13.3 Å². The van der Waals surface area contributed by atoms with Crippen LogP contribution in [0.1, 0.15) is 13.3 Å². The first kappa shape index (κ1) is 9.48. The van der Waals surface area contributed by atoms with Gasteiger partial charge in [-0.3, -0.25) is 0 Å². The van der Waals surface area contributed by atoms with Gasteiger partial charge >= 0.3 is 82.9 Å². The van der Waals surface area contributed by atoms with Gasteiger partial charge in [-0.2, -0.15) is 0 Å². The normalized spacial score (nSPS) is 8.44. The number of ketones is 2. The van der Waals surface area contributed by atoms with Crippen molar-refractivity contribution in [3.63, 3.8) is 0 Å². The fraction of sp³-hybridized carbons (Fsp3) is 0.400. The summed E-state index contributed by atoms with van der Waals surface area (Å²) in [6.07, 6.45) is -0.153.